The molecule has 1 amide bonds. The van der Waals surface area contributed by atoms with Gasteiger partial charge in [0.05, 0.1) is 6.61 Å². The van der Waals surface area contributed by atoms with Crippen molar-refractivity contribution in [3.05, 3.63) is 53.6 Å². The average Bonchev–Trinajstić information content (AvgIpc) is 2.59. The molecule has 138 valence electrons. The SMILES string of the molecule is Cc1cccc(OCCCC(=O)Nc2ccc(OCC(=O)O)cc2C)c1. The first-order valence-electron chi connectivity index (χ1n) is 8.38. The molecule has 0 aromatic heterocycles. The summed E-state index contributed by atoms with van der Waals surface area (Å²) in [6, 6.07) is 12.8. The fourth-order valence-electron chi connectivity index (χ4n) is 2.35. The Morgan fingerprint density at radius 1 is 1.04 bits per heavy atom. The molecule has 0 unspecified atom stereocenters. The van der Waals surface area contributed by atoms with Crippen LogP contribution in [0.3, 0.4) is 0 Å². The number of amides is 1. The normalized spacial score (nSPS) is 10.2. The molecule has 0 aliphatic heterocycles. The average molecular weight is 357 g/mol. The number of anilines is 1. The van der Waals surface area contributed by atoms with Crippen molar-refractivity contribution < 1.29 is 24.2 Å². The molecule has 0 aliphatic carbocycles. The number of aryl methyl sites for hydroxylation is 2. The van der Waals surface area contributed by atoms with E-state index in [0.29, 0.717) is 30.9 Å². The maximum absolute atomic E-state index is 12.1. The van der Waals surface area contributed by atoms with E-state index in [-0.39, 0.29) is 5.91 Å². The van der Waals surface area contributed by atoms with E-state index in [2.05, 4.69) is 5.32 Å². The molecule has 0 aliphatic rings. The van der Waals surface area contributed by atoms with Gasteiger partial charge in [-0.25, -0.2) is 4.79 Å². The number of benzene rings is 2. The van der Waals surface area contributed by atoms with Gasteiger partial charge in [-0.15, -0.1) is 0 Å². The van der Waals surface area contributed by atoms with Gasteiger partial charge in [-0.1, -0.05) is 12.1 Å². The molecule has 0 radical (unpaired) electrons. The number of nitrogens with one attached hydrogen (secondary N) is 1. The van der Waals surface area contributed by atoms with E-state index in [1.165, 1.54) is 0 Å². The Morgan fingerprint density at radius 3 is 2.50 bits per heavy atom. The van der Waals surface area contributed by atoms with Crippen molar-refractivity contribution in [3.8, 4) is 11.5 Å². The van der Waals surface area contributed by atoms with Crippen molar-refractivity contribution in [2.75, 3.05) is 18.5 Å². The molecule has 2 aromatic rings. The van der Waals surface area contributed by atoms with Gasteiger partial charge in [-0.05, 0) is 61.7 Å². The number of aliphatic carboxylic acids is 1. The van der Waals surface area contributed by atoms with Gasteiger partial charge in [0.1, 0.15) is 11.5 Å². The van der Waals surface area contributed by atoms with E-state index in [4.69, 9.17) is 14.6 Å². The Bertz CT molecular complexity index is 773. The predicted octanol–water partition coefficient (Wildman–Crippen LogP) is 3.56. The van der Waals surface area contributed by atoms with Crippen LogP contribution in [0.15, 0.2) is 42.5 Å². The number of carboxylic acids is 1. The minimum atomic E-state index is -1.03. The first-order chi connectivity index (χ1) is 12.4. The van der Waals surface area contributed by atoms with Gasteiger partial charge in [0.2, 0.25) is 5.91 Å². The van der Waals surface area contributed by atoms with Gasteiger partial charge in [0, 0.05) is 12.1 Å². The zero-order valence-electron chi connectivity index (χ0n) is 15.0. The second-order valence-electron chi connectivity index (χ2n) is 5.98. The second kappa shape index (κ2) is 9.46. The van der Waals surface area contributed by atoms with Crippen molar-refractivity contribution in [1.82, 2.24) is 0 Å². The van der Waals surface area contributed by atoms with Crippen molar-refractivity contribution in [1.29, 1.82) is 0 Å². The van der Waals surface area contributed by atoms with E-state index < -0.39 is 12.6 Å². The highest BCUT2D eigenvalue weighted by Gasteiger charge is 2.07. The van der Waals surface area contributed by atoms with Crippen LogP contribution in [0.25, 0.3) is 0 Å². The first-order valence-corrected chi connectivity index (χ1v) is 8.38. The van der Waals surface area contributed by atoms with Gasteiger partial charge >= 0.3 is 5.97 Å². The molecular formula is C20H23NO5. The van der Waals surface area contributed by atoms with E-state index in [9.17, 15) is 9.59 Å². The van der Waals surface area contributed by atoms with Crippen LogP contribution in [-0.4, -0.2) is 30.2 Å². The molecular weight excluding hydrogens is 334 g/mol. The number of carboxylic acid groups (broad SMARTS) is 1. The summed E-state index contributed by atoms with van der Waals surface area (Å²) < 4.78 is 10.7. The summed E-state index contributed by atoms with van der Waals surface area (Å²) in [6.07, 6.45) is 0.959. The van der Waals surface area contributed by atoms with Gasteiger partial charge < -0.3 is 19.9 Å². The zero-order valence-corrected chi connectivity index (χ0v) is 15.0. The number of hydrogen-bond donors (Lipinski definition) is 2. The Labute approximate surface area is 152 Å². The number of carbonyl (C=O) groups is 2. The Balaban J connectivity index is 1.75. The fraction of sp³-hybridized carbons (Fsp3) is 0.300. The van der Waals surface area contributed by atoms with E-state index >= 15 is 0 Å². The Hall–Kier alpha value is -3.02. The predicted molar refractivity (Wildman–Crippen MR) is 98.8 cm³/mol. The first kappa shape index (κ1) is 19.3. The third-order valence-electron chi connectivity index (χ3n) is 3.64. The number of carbonyl (C=O) groups excluding carboxylic acids is 1. The van der Waals surface area contributed by atoms with Crippen LogP contribution in [0, 0.1) is 13.8 Å². The van der Waals surface area contributed by atoms with Crippen molar-refractivity contribution >= 4 is 17.6 Å². The van der Waals surface area contributed by atoms with Gasteiger partial charge in [-0.2, -0.15) is 0 Å². The number of hydrogen-bond acceptors (Lipinski definition) is 4. The Kier molecular flexibility index (Phi) is 7.02. The molecule has 0 heterocycles. The highest BCUT2D eigenvalue weighted by molar-refractivity contribution is 5.91. The van der Waals surface area contributed by atoms with Crippen LogP contribution in [-0.2, 0) is 9.59 Å². The molecule has 0 fully saturated rings. The highest BCUT2D eigenvalue weighted by Crippen LogP contribution is 2.21. The zero-order chi connectivity index (χ0) is 18.9. The maximum Gasteiger partial charge on any atom is 0.341 e. The summed E-state index contributed by atoms with van der Waals surface area (Å²) in [4.78, 5) is 22.6. The summed E-state index contributed by atoms with van der Waals surface area (Å²) in [5, 5.41) is 11.5. The van der Waals surface area contributed by atoms with Gasteiger partial charge in [-0.3, -0.25) is 4.79 Å². The van der Waals surface area contributed by atoms with Gasteiger partial charge in [0.15, 0.2) is 6.61 Å². The molecule has 2 N–H and O–H groups in total. The minimum absolute atomic E-state index is 0.0971. The third kappa shape index (κ3) is 6.47. The van der Waals surface area contributed by atoms with E-state index in [0.717, 1.165) is 16.9 Å². The highest BCUT2D eigenvalue weighted by atomic mass is 16.5. The largest absolute Gasteiger partial charge is 0.494 e. The van der Waals surface area contributed by atoms with Crippen LogP contribution < -0.4 is 14.8 Å². The second-order valence-corrected chi connectivity index (χ2v) is 5.98. The lowest BCUT2D eigenvalue weighted by molar-refractivity contribution is -0.139. The van der Waals surface area contributed by atoms with Crippen molar-refractivity contribution in [2.45, 2.75) is 26.7 Å². The molecule has 0 bridgehead atoms. The molecule has 26 heavy (non-hydrogen) atoms. The smallest absolute Gasteiger partial charge is 0.341 e. The lowest BCUT2D eigenvalue weighted by atomic mass is 10.2. The maximum atomic E-state index is 12.1. The molecule has 2 rings (SSSR count). The monoisotopic (exact) mass is 357 g/mol. The standard InChI is InChI=1S/C20H23NO5/c1-14-5-3-6-16(11-14)25-10-4-7-19(22)21-18-9-8-17(12-15(18)2)26-13-20(23)24/h3,5-6,8-9,11-12H,4,7,10,13H2,1-2H3,(H,21,22)(H,23,24). The van der Waals surface area contributed by atoms with Crippen LogP contribution in [0.4, 0.5) is 5.69 Å². The van der Waals surface area contributed by atoms with Gasteiger partial charge in [0.25, 0.3) is 0 Å². The number of ether oxygens (including phenoxy) is 2. The lowest BCUT2D eigenvalue weighted by Crippen LogP contribution is -2.14. The minimum Gasteiger partial charge on any atom is -0.494 e. The lowest BCUT2D eigenvalue weighted by Gasteiger charge is -2.11. The fourth-order valence-corrected chi connectivity index (χ4v) is 2.35. The summed E-state index contributed by atoms with van der Waals surface area (Å²) in [5.74, 6) is 0.126. The van der Waals surface area contributed by atoms with Crippen LogP contribution >= 0.6 is 0 Å². The van der Waals surface area contributed by atoms with Crippen molar-refractivity contribution in [3.63, 3.8) is 0 Å². The molecule has 0 atom stereocenters. The van der Waals surface area contributed by atoms with E-state index in [1.54, 1.807) is 18.2 Å². The molecule has 0 saturated heterocycles. The third-order valence-corrected chi connectivity index (χ3v) is 3.64. The summed E-state index contributed by atoms with van der Waals surface area (Å²) in [7, 11) is 0. The number of rotatable bonds is 9. The summed E-state index contributed by atoms with van der Waals surface area (Å²) in [5.41, 5.74) is 2.61. The quantitative estimate of drug-likeness (QED) is 0.670. The van der Waals surface area contributed by atoms with Crippen molar-refractivity contribution in [2.24, 2.45) is 0 Å². The van der Waals surface area contributed by atoms with Crippen LogP contribution in [0.1, 0.15) is 24.0 Å². The summed E-state index contributed by atoms with van der Waals surface area (Å²) in [6.45, 7) is 3.90. The molecule has 6 heteroatoms. The van der Waals surface area contributed by atoms with Crippen LogP contribution in [0.2, 0.25) is 0 Å². The topological polar surface area (TPSA) is 84.9 Å². The Morgan fingerprint density at radius 2 is 1.81 bits per heavy atom. The molecule has 0 saturated carbocycles. The summed E-state index contributed by atoms with van der Waals surface area (Å²) >= 11 is 0. The van der Waals surface area contributed by atoms with E-state index in [1.807, 2.05) is 38.1 Å². The molecule has 2 aromatic carbocycles. The molecule has 0 spiro atoms. The molecule has 6 nitrogen and oxygen atoms in total. The van der Waals surface area contributed by atoms with Crippen LogP contribution in [0.5, 0.6) is 11.5 Å².